The molecule has 0 radical (unpaired) electrons. The Morgan fingerprint density at radius 1 is 1.43 bits per heavy atom. The molecule has 0 fully saturated rings. The van der Waals surface area contributed by atoms with Crippen LogP contribution in [0.2, 0.25) is 5.02 Å². The van der Waals surface area contributed by atoms with Gasteiger partial charge < -0.3 is 15.2 Å². The highest BCUT2D eigenvalue weighted by molar-refractivity contribution is 6.30. The van der Waals surface area contributed by atoms with Crippen LogP contribution >= 0.6 is 11.6 Å². The molecule has 3 rings (SSSR count). The molecular formula is C14H17ClN4O2. The van der Waals surface area contributed by atoms with Crippen molar-refractivity contribution < 1.29 is 9.47 Å². The molecule has 1 aliphatic rings. The maximum Gasteiger partial charge on any atom is 0.189 e. The van der Waals surface area contributed by atoms with E-state index in [0.29, 0.717) is 24.0 Å². The van der Waals surface area contributed by atoms with Gasteiger partial charge in [0, 0.05) is 16.1 Å². The number of fused-ring (bicyclic) bond motifs is 1. The molecule has 0 bridgehead atoms. The quantitative estimate of drug-likeness (QED) is 0.943. The zero-order chi connectivity index (χ0) is 15.0. The number of benzene rings is 1. The van der Waals surface area contributed by atoms with Crippen LogP contribution in [0.4, 0.5) is 5.82 Å². The van der Waals surface area contributed by atoms with Crippen molar-refractivity contribution in [3.8, 4) is 5.75 Å². The van der Waals surface area contributed by atoms with E-state index in [1.165, 1.54) is 0 Å². The van der Waals surface area contributed by atoms with Gasteiger partial charge in [0.1, 0.15) is 5.75 Å². The summed E-state index contributed by atoms with van der Waals surface area (Å²) in [5, 5.41) is 8.73. The van der Waals surface area contributed by atoms with E-state index in [1.807, 2.05) is 12.1 Å². The third kappa shape index (κ3) is 2.69. The first-order valence-corrected chi connectivity index (χ1v) is 7.14. The molecule has 2 heterocycles. The van der Waals surface area contributed by atoms with Gasteiger partial charge in [-0.15, -0.1) is 5.10 Å². The normalized spacial score (nSPS) is 14.1. The molecule has 1 aliphatic heterocycles. The van der Waals surface area contributed by atoms with Gasteiger partial charge in [0.2, 0.25) is 0 Å². The molecule has 0 unspecified atom stereocenters. The van der Waals surface area contributed by atoms with Gasteiger partial charge in [0.25, 0.3) is 0 Å². The number of nitrogens with zero attached hydrogens (tertiary/aromatic N) is 3. The number of hydrogen-bond acceptors (Lipinski definition) is 5. The monoisotopic (exact) mass is 308 g/mol. The smallest absolute Gasteiger partial charge is 0.189 e. The van der Waals surface area contributed by atoms with Gasteiger partial charge in [-0.25, -0.2) is 4.68 Å². The molecule has 0 aliphatic carbocycles. The minimum atomic E-state index is 0.235. The first-order valence-electron chi connectivity index (χ1n) is 6.77. The number of nitrogen functional groups attached to an aromatic ring is 1. The van der Waals surface area contributed by atoms with Crippen molar-refractivity contribution in [3.63, 3.8) is 0 Å². The second-order valence-corrected chi connectivity index (χ2v) is 5.77. The number of halogens is 1. The van der Waals surface area contributed by atoms with Gasteiger partial charge in [-0.3, -0.25) is 0 Å². The van der Waals surface area contributed by atoms with Crippen molar-refractivity contribution in [2.24, 2.45) is 0 Å². The minimum absolute atomic E-state index is 0.235. The highest BCUT2D eigenvalue weighted by atomic mass is 35.5. The van der Waals surface area contributed by atoms with Gasteiger partial charge in [0.05, 0.1) is 18.8 Å². The maximum atomic E-state index is 6.17. The van der Waals surface area contributed by atoms with Crippen molar-refractivity contribution in [3.05, 3.63) is 34.0 Å². The predicted molar refractivity (Wildman–Crippen MR) is 79.4 cm³/mol. The molecule has 112 valence electrons. The van der Waals surface area contributed by atoms with E-state index in [9.17, 15) is 0 Å². The Morgan fingerprint density at radius 3 is 3.00 bits per heavy atom. The summed E-state index contributed by atoms with van der Waals surface area (Å²) >= 11 is 6.17. The van der Waals surface area contributed by atoms with E-state index < -0.39 is 0 Å². The fraction of sp³-hybridized carbons (Fsp3) is 0.429. The SMILES string of the molecule is CC(C)c1c(N)nnn1Cc1cc(Cl)cc2c1OCOC2. The van der Waals surface area contributed by atoms with Crippen LogP contribution < -0.4 is 10.5 Å². The molecular weight excluding hydrogens is 292 g/mol. The Bertz CT molecular complexity index is 669. The fourth-order valence-electron chi connectivity index (χ4n) is 2.58. The molecule has 1 aromatic carbocycles. The third-order valence-corrected chi connectivity index (χ3v) is 3.64. The summed E-state index contributed by atoms with van der Waals surface area (Å²) in [5.41, 5.74) is 8.70. The van der Waals surface area contributed by atoms with E-state index in [2.05, 4.69) is 24.2 Å². The van der Waals surface area contributed by atoms with Crippen molar-refractivity contribution in [2.75, 3.05) is 12.5 Å². The number of ether oxygens (including phenoxy) is 2. The average molecular weight is 309 g/mol. The van der Waals surface area contributed by atoms with Crippen LogP contribution in [0.5, 0.6) is 5.75 Å². The van der Waals surface area contributed by atoms with Gasteiger partial charge >= 0.3 is 0 Å². The van der Waals surface area contributed by atoms with Gasteiger partial charge in [-0.1, -0.05) is 30.7 Å². The zero-order valence-corrected chi connectivity index (χ0v) is 12.7. The van der Waals surface area contributed by atoms with Crippen molar-refractivity contribution in [1.29, 1.82) is 0 Å². The van der Waals surface area contributed by atoms with E-state index in [1.54, 1.807) is 4.68 Å². The summed E-state index contributed by atoms with van der Waals surface area (Å²) in [5.74, 6) is 1.51. The Labute approximate surface area is 127 Å². The number of aromatic nitrogens is 3. The highest BCUT2D eigenvalue weighted by Crippen LogP contribution is 2.32. The van der Waals surface area contributed by atoms with Crippen LogP contribution in [0.25, 0.3) is 0 Å². The lowest BCUT2D eigenvalue weighted by atomic mass is 10.1. The molecule has 21 heavy (non-hydrogen) atoms. The topological polar surface area (TPSA) is 75.2 Å². The largest absolute Gasteiger partial charge is 0.467 e. The van der Waals surface area contributed by atoms with E-state index in [4.69, 9.17) is 26.8 Å². The summed E-state index contributed by atoms with van der Waals surface area (Å²) in [6.45, 7) is 5.38. The Kier molecular flexibility index (Phi) is 3.73. The average Bonchev–Trinajstić information content (AvgIpc) is 2.79. The van der Waals surface area contributed by atoms with Crippen LogP contribution in [0.15, 0.2) is 12.1 Å². The lowest BCUT2D eigenvalue weighted by Crippen LogP contribution is -2.15. The first kappa shape index (κ1) is 14.2. The molecule has 7 heteroatoms. The fourth-order valence-corrected chi connectivity index (χ4v) is 2.84. The van der Waals surface area contributed by atoms with E-state index in [0.717, 1.165) is 22.6 Å². The van der Waals surface area contributed by atoms with Crippen molar-refractivity contribution >= 4 is 17.4 Å². The molecule has 0 saturated carbocycles. The summed E-state index contributed by atoms with van der Waals surface area (Å²) in [7, 11) is 0. The molecule has 0 spiro atoms. The Hall–Kier alpha value is -1.79. The second-order valence-electron chi connectivity index (χ2n) is 5.34. The molecule has 0 amide bonds. The number of hydrogen-bond donors (Lipinski definition) is 1. The second kappa shape index (κ2) is 5.54. The first-order chi connectivity index (χ1) is 10.1. The Morgan fingerprint density at radius 2 is 2.24 bits per heavy atom. The molecule has 0 saturated heterocycles. The number of anilines is 1. The summed E-state index contributed by atoms with van der Waals surface area (Å²) in [6.07, 6.45) is 0. The summed E-state index contributed by atoms with van der Waals surface area (Å²) in [6, 6.07) is 3.74. The zero-order valence-electron chi connectivity index (χ0n) is 12.0. The summed E-state index contributed by atoms with van der Waals surface area (Å²) in [4.78, 5) is 0. The van der Waals surface area contributed by atoms with Crippen LogP contribution in [0.3, 0.4) is 0 Å². The van der Waals surface area contributed by atoms with Gasteiger partial charge in [0.15, 0.2) is 12.6 Å². The van der Waals surface area contributed by atoms with Gasteiger partial charge in [-0.05, 0) is 18.1 Å². The standard InChI is InChI=1S/C14H17ClN4O2/c1-8(2)12-14(16)17-18-19(12)5-9-3-11(15)4-10-6-20-7-21-13(9)10/h3-4,8H,5-7,16H2,1-2H3. The lowest BCUT2D eigenvalue weighted by Gasteiger charge is -2.21. The van der Waals surface area contributed by atoms with Crippen molar-refractivity contribution in [2.45, 2.75) is 32.9 Å². The molecule has 2 N–H and O–H groups in total. The molecule has 2 aromatic rings. The number of nitrogens with two attached hydrogens (primary N) is 1. The third-order valence-electron chi connectivity index (χ3n) is 3.42. The molecule has 0 atom stereocenters. The Balaban J connectivity index is 2.01. The number of rotatable bonds is 3. The molecule has 6 nitrogen and oxygen atoms in total. The van der Waals surface area contributed by atoms with Gasteiger partial charge in [-0.2, -0.15) is 0 Å². The van der Waals surface area contributed by atoms with Crippen LogP contribution in [0, 0.1) is 0 Å². The minimum Gasteiger partial charge on any atom is -0.467 e. The maximum absolute atomic E-state index is 6.17. The predicted octanol–water partition coefficient (Wildman–Crippen LogP) is 2.55. The lowest BCUT2D eigenvalue weighted by molar-refractivity contribution is -0.0171. The van der Waals surface area contributed by atoms with E-state index in [-0.39, 0.29) is 12.7 Å². The van der Waals surface area contributed by atoms with E-state index >= 15 is 0 Å². The van der Waals surface area contributed by atoms with Crippen LogP contribution in [-0.4, -0.2) is 21.8 Å². The molecule has 1 aromatic heterocycles. The summed E-state index contributed by atoms with van der Waals surface area (Å²) < 4.78 is 12.7. The highest BCUT2D eigenvalue weighted by Gasteiger charge is 2.20. The van der Waals surface area contributed by atoms with Crippen LogP contribution in [-0.2, 0) is 17.9 Å². The van der Waals surface area contributed by atoms with Crippen molar-refractivity contribution in [1.82, 2.24) is 15.0 Å². The van der Waals surface area contributed by atoms with Crippen LogP contribution in [0.1, 0.15) is 36.6 Å².